The molecule has 1 unspecified atom stereocenters. The summed E-state index contributed by atoms with van der Waals surface area (Å²) in [6.07, 6.45) is 4.97. The van der Waals surface area contributed by atoms with Gasteiger partial charge in [-0.15, -0.1) is 0 Å². The summed E-state index contributed by atoms with van der Waals surface area (Å²) in [5, 5.41) is 0. The Morgan fingerprint density at radius 3 is 3.00 bits per heavy atom. The van der Waals surface area contributed by atoms with E-state index in [9.17, 15) is 4.79 Å². The van der Waals surface area contributed by atoms with Crippen LogP contribution in [-0.4, -0.2) is 24.0 Å². The van der Waals surface area contributed by atoms with Gasteiger partial charge in [-0.2, -0.15) is 0 Å². The predicted molar refractivity (Wildman–Crippen MR) is 65.9 cm³/mol. The highest BCUT2D eigenvalue weighted by atomic mass is 16.5. The standard InChI is InChI=1S/C14H19NO2/c1-2-11-3-4-13(15-9-11)8-14(16)7-12-5-6-17-10-12/h3-4,9,12H,2,5-8,10H2,1H3. The molecule has 2 heterocycles. The second kappa shape index (κ2) is 5.92. The minimum absolute atomic E-state index is 0.275. The first-order valence-corrected chi connectivity index (χ1v) is 6.31. The Morgan fingerprint density at radius 1 is 1.53 bits per heavy atom. The molecule has 0 radical (unpaired) electrons. The Labute approximate surface area is 102 Å². The summed E-state index contributed by atoms with van der Waals surface area (Å²) < 4.78 is 5.27. The predicted octanol–water partition coefficient (Wildman–Crippen LogP) is 2.18. The highest BCUT2D eigenvalue weighted by molar-refractivity contribution is 5.80. The second-order valence-corrected chi connectivity index (χ2v) is 4.66. The Kier molecular flexibility index (Phi) is 4.26. The molecule has 1 aliphatic heterocycles. The zero-order chi connectivity index (χ0) is 12.1. The van der Waals surface area contributed by atoms with Crippen LogP contribution in [-0.2, 0) is 22.4 Å². The molecule has 1 aliphatic rings. The number of carbonyl (C=O) groups is 1. The average molecular weight is 233 g/mol. The first kappa shape index (κ1) is 12.2. The summed E-state index contributed by atoms with van der Waals surface area (Å²) in [7, 11) is 0. The molecule has 17 heavy (non-hydrogen) atoms. The third kappa shape index (κ3) is 3.63. The van der Waals surface area contributed by atoms with Gasteiger partial charge in [-0.25, -0.2) is 0 Å². The molecule has 0 aromatic carbocycles. The van der Waals surface area contributed by atoms with Crippen molar-refractivity contribution in [2.45, 2.75) is 32.6 Å². The number of Topliss-reactive ketones (excluding diaryl/α,β-unsaturated/α-hetero) is 1. The van der Waals surface area contributed by atoms with Gasteiger partial charge in [0, 0.05) is 37.9 Å². The zero-order valence-corrected chi connectivity index (χ0v) is 10.3. The number of pyridine rings is 1. The molecule has 0 saturated carbocycles. The van der Waals surface area contributed by atoms with E-state index in [0.717, 1.165) is 31.7 Å². The van der Waals surface area contributed by atoms with Crippen LogP contribution in [0.5, 0.6) is 0 Å². The fraction of sp³-hybridized carbons (Fsp3) is 0.571. The lowest BCUT2D eigenvalue weighted by molar-refractivity contribution is -0.119. The minimum atomic E-state index is 0.275. The Morgan fingerprint density at radius 2 is 2.41 bits per heavy atom. The van der Waals surface area contributed by atoms with Gasteiger partial charge in [-0.05, 0) is 30.4 Å². The van der Waals surface area contributed by atoms with Crippen molar-refractivity contribution in [3.63, 3.8) is 0 Å². The molecule has 1 fully saturated rings. The monoisotopic (exact) mass is 233 g/mol. The molecular weight excluding hydrogens is 214 g/mol. The maximum absolute atomic E-state index is 11.8. The summed E-state index contributed by atoms with van der Waals surface area (Å²) in [5.41, 5.74) is 2.09. The number of rotatable bonds is 5. The zero-order valence-electron chi connectivity index (χ0n) is 10.3. The Balaban J connectivity index is 1.84. The summed E-state index contributed by atoms with van der Waals surface area (Å²) in [4.78, 5) is 16.1. The normalized spacial score (nSPS) is 19.5. The summed E-state index contributed by atoms with van der Waals surface area (Å²) in [6, 6.07) is 4.01. The molecule has 3 heteroatoms. The number of ether oxygens (including phenoxy) is 1. The van der Waals surface area contributed by atoms with Gasteiger partial charge in [-0.3, -0.25) is 9.78 Å². The van der Waals surface area contributed by atoms with Crippen molar-refractivity contribution in [3.8, 4) is 0 Å². The van der Waals surface area contributed by atoms with E-state index in [2.05, 4.69) is 11.9 Å². The average Bonchev–Trinajstić information content (AvgIpc) is 2.82. The van der Waals surface area contributed by atoms with E-state index in [-0.39, 0.29) is 5.78 Å². The van der Waals surface area contributed by atoms with Crippen LogP contribution >= 0.6 is 0 Å². The van der Waals surface area contributed by atoms with Crippen LogP contribution in [0.1, 0.15) is 31.0 Å². The number of hydrogen-bond donors (Lipinski definition) is 0. The largest absolute Gasteiger partial charge is 0.381 e. The molecule has 1 saturated heterocycles. The molecule has 0 bridgehead atoms. The SMILES string of the molecule is CCc1ccc(CC(=O)CC2CCOC2)nc1. The van der Waals surface area contributed by atoms with Crippen LogP contribution in [0.25, 0.3) is 0 Å². The van der Waals surface area contributed by atoms with Gasteiger partial charge >= 0.3 is 0 Å². The van der Waals surface area contributed by atoms with E-state index in [4.69, 9.17) is 4.74 Å². The van der Waals surface area contributed by atoms with Crippen LogP contribution in [0.15, 0.2) is 18.3 Å². The van der Waals surface area contributed by atoms with E-state index in [1.807, 2.05) is 18.3 Å². The van der Waals surface area contributed by atoms with Crippen LogP contribution in [0.2, 0.25) is 0 Å². The molecule has 0 N–H and O–H groups in total. The van der Waals surface area contributed by atoms with Gasteiger partial charge in [0.05, 0.1) is 0 Å². The lowest BCUT2D eigenvalue weighted by Crippen LogP contribution is -2.11. The number of ketones is 1. The van der Waals surface area contributed by atoms with Crippen molar-refractivity contribution in [1.29, 1.82) is 0 Å². The maximum Gasteiger partial charge on any atom is 0.139 e. The molecule has 1 aromatic rings. The van der Waals surface area contributed by atoms with E-state index in [1.165, 1.54) is 5.56 Å². The summed E-state index contributed by atoms with van der Waals surface area (Å²) in [6.45, 7) is 3.65. The Bertz CT molecular complexity index is 366. The van der Waals surface area contributed by atoms with Gasteiger partial charge in [0.1, 0.15) is 5.78 Å². The molecular formula is C14H19NO2. The number of carbonyl (C=O) groups excluding carboxylic acids is 1. The maximum atomic E-state index is 11.8. The molecule has 1 aromatic heterocycles. The number of nitrogens with zero attached hydrogens (tertiary/aromatic N) is 1. The first-order chi connectivity index (χ1) is 8.28. The van der Waals surface area contributed by atoms with Crippen molar-refractivity contribution in [3.05, 3.63) is 29.6 Å². The number of aromatic nitrogens is 1. The molecule has 0 spiro atoms. The van der Waals surface area contributed by atoms with Gasteiger partial charge in [0.2, 0.25) is 0 Å². The van der Waals surface area contributed by atoms with Crippen molar-refractivity contribution in [2.24, 2.45) is 5.92 Å². The fourth-order valence-electron chi connectivity index (χ4n) is 2.11. The lowest BCUT2D eigenvalue weighted by atomic mass is 9.99. The Hall–Kier alpha value is -1.22. The van der Waals surface area contributed by atoms with Crippen molar-refractivity contribution in [1.82, 2.24) is 4.98 Å². The number of hydrogen-bond acceptors (Lipinski definition) is 3. The van der Waals surface area contributed by atoms with Crippen molar-refractivity contribution in [2.75, 3.05) is 13.2 Å². The molecule has 0 amide bonds. The van der Waals surface area contributed by atoms with Crippen LogP contribution in [0, 0.1) is 5.92 Å². The molecule has 92 valence electrons. The highest BCUT2D eigenvalue weighted by Gasteiger charge is 2.19. The topological polar surface area (TPSA) is 39.2 Å². The number of aryl methyl sites for hydroxylation is 1. The second-order valence-electron chi connectivity index (χ2n) is 4.66. The van der Waals surface area contributed by atoms with Crippen molar-refractivity contribution >= 4 is 5.78 Å². The van der Waals surface area contributed by atoms with Gasteiger partial charge in [0.15, 0.2) is 0 Å². The molecule has 3 nitrogen and oxygen atoms in total. The molecule has 0 aliphatic carbocycles. The van der Waals surface area contributed by atoms with Crippen LogP contribution < -0.4 is 0 Å². The van der Waals surface area contributed by atoms with Gasteiger partial charge in [-0.1, -0.05) is 13.0 Å². The fourth-order valence-corrected chi connectivity index (χ4v) is 2.11. The molecule has 1 atom stereocenters. The van der Waals surface area contributed by atoms with E-state index in [1.54, 1.807) is 0 Å². The van der Waals surface area contributed by atoms with Crippen molar-refractivity contribution < 1.29 is 9.53 Å². The van der Waals surface area contributed by atoms with E-state index >= 15 is 0 Å². The van der Waals surface area contributed by atoms with E-state index in [0.29, 0.717) is 18.8 Å². The third-order valence-electron chi connectivity index (χ3n) is 3.21. The van der Waals surface area contributed by atoms with Crippen LogP contribution in [0.3, 0.4) is 0 Å². The minimum Gasteiger partial charge on any atom is -0.381 e. The first-order valence-electron chi connectivity index (χ1n) is 6.31. The van der Waals surface area contributed by atoms with Gasteiger partial charge < -0.3 is 4.74 Å². The van der Waals surface area contributed by atoms with Gasteiger partial charge in [0.25, 0.3) is 0 Å². The third-order valence-corrected chi connectivity index (χ3v) is 3.21. The summed E-state index contributed by atoms with van der Waals surface area (Å²) in [5.74, 6) is 0.703. The molecule has 2 rings (SSSR count). The smallest absolute Gasteiger partial charge is 0.139 e. The lowest BCUT2D eigenvalue weighted by Gasteiger charge is -2.06. The van der Waals surface area contributed by atoms with Crippen LogP contribution in [0.4, 0.5) is 0 Å². The highest BCUT2D eigenvalue weighted by Crippen LogP contribution is 2.17. The quantitative estimate of drug-likeness (QED) is 0.782. The van der Waals surface area contributed by atoms with E-state index < -0.39 is 0 Å². The summed E-state index contributed by atoms with van der Waals surface area (Å²) >= 11 is 0.